The fourth-order valence-electron chi connectivity index (χ4n) is 2.51. The van der Waals surface area contributed by atoms with Crippen LogP contribution in [0.4, 0.5) is 5.69 Å². The lowest BCUT2D eigenvalue weighted by Crippen LogP contribution is -2.21. The zero-order valence-electron chi connectivity index (χ0n) is 8.49. The van der Waals surface area contributed by atoms with Gasteiger partial charge < -0.3 is 9.64 Å². The van der Waals surface area contributed by atoms with E-state index in [2.05, 4.69) is 23.1 Å². The Balaban J connectivity index is 2.10. The molecule has 3 rings (SSSR count). The minimum Gasteiger partial charge on any atom is -0.493 e. The van der Waals surface area contributed by atoms with Crippen LogP contribution in [0, 0.1) is 11.3 Å². The van der Waals surface area contributed by atoms with E-state index in [4.69, 9.17) is 10.00 Å². The molecule has 0 bridgehead atoms. The van der Waals surface area contributed by atoms with Crippen molar-refractivity contribution in [3.8, 4) is 11.8 Å². The Morgan fingerprint density at radius 3 is 3.20 bits per heavy atom. The van der Waals surface area contributed by atoms with Gasteiger partial charge in [0.1, 0.15) is 12.3 Å². The minimum atomic E-state index is 0.490. The van der Waals surface area contributed by atoms with Gasteiger partial charge in [0, 0.05) is 24.2 Å². The molecule has 3 heteroatoms. The van der Waals surface area contributed by atoms with Crippen molar-refractivity contribution in [3.05, 3.63) is 23.3 Å². The Hall–Kier alpha value is -1.69. The fraction of sp³-hybridized carbons (Fsp3) is 0.417. The zero-order valence-corrected chi connectivity index (χ0v) is 8.49. The maximum atomic E-state index is 8.78. The van der Waals surface area contributed by atoms with Crippen LogP contribution >= 0.6 is 0 Å². The van der Waals surface area contributed by atoms with E-state index in [9.17, 15) is 0 Å². The van der Waals surface area contributed by atoms with Gasteiger partial charge in [-0.3, -0.25) is 0 Å². The lowest BCUT2D eigenvalue weighted by atomic mass is 10.1. The Morgan fingerprint density at radius 2 is 2.33 bits per heavy atom. The van der Waals surface area contributed by atoms with Crippen LogP contribution in [0.5, 0.6) is 5.75 Å². The largest absolute Gasteiger partial charge is 0.493 e. The molecule has 0 atom stereocenters. The van der Waals surface area contributed by atoms with Crippen LogP contribution in [-0.2, 0) is 12.8 Å². The molecular formula is C12H12N2O. The second-order valence-corrected chi connectivity index (χ2v) is 3.98. The molecule has 0 fully saturated rings. The predicted molar refractivity (Wildman–Crippen MR) is 57.2 cm³/mol. The Morgan fingerprint density at radius 1 is 1.40 bits per heavy atom. The number of hydrogen-bond acceptors (Lipinski definition) is 3. The highest BCUT2D eigenvalue weighted by Gasteiger charge is 2.26. The summed E-state index contributed by atoms with van der Waals surface area (Å²) in [5, 5.41) is 8.78. The monoisotopic (exact) mass is 200 g/mol. The van der Waals surface area contributed by atoms with Gasteiger partial charge in [0.25, 0.3) is 0 Å². The number of hydrogen-bond donors (Lipinski definition) is 0. The van der Waals surface area contributed by atoms with Gasteiger partial charge >= 0.3 is 0 Å². The average Bonchev–Trinajstić information content (AvgIpc) is 2.83. The molecule has 0 N–H and O–H groups in total. The third kappa shape index (κ3) is 1.18. The first-order chi connectivity index (χ1) is 7.40. The Kier molecular flexibility index (Phi) is 1.81. The van der Waals surface area contributed by atoms with Crippen LogP contribution in [0.3, 0.4) is 0 Å². The van der Waals surface area contributed by atoms with E-state index in [1.807, 2.05) is 0 Å². The second-order valence-electron chi connectivity index (χ2n) is 3.98. The van der Waals surface area contributed by atoms with Crippen LogP contribution < -0.4 is 9.64 Å². The topological polar surface area (TPSA) is 36.3 Å². The van der Waals surface area contributed by atoms with Gasteiger partial charge in [-0.2, -0.15) is 5.26 Å². The lowest BCUT2D eigenvalue weighted by Gasteiger charge is -2.17. The first-order valence-corrected chi connectivity index (χ1v) is 5.29. The molecule has 0 aliphatic carbocycles. The second kappa shape index (κ2) is 3.16. The first-order valence-electron chi connectivity index (χ1n) is 5.29. The van der Waals surface area contributed by atoms with Gasteiger partial charge in [-0.1, -0.05) is 6.07 Å². The van der Waals surface area contributed by atoms with Gasteiger partial charge in [0.05, 0.1) is 12.7 Å². The molecule has 0 radical (unpaired) electrons. The molecule has 2 heterocycles. The van der Waals surface area contributed by atoms with Crippen molar-refractivity contribution in [1.82, 2.24) is 0 Å². The molecule has 0 saturated carbocycles. The molecule has 0 amide bonds. The Bertz CT molecular complexity index is 448. The van der Waals surface area contributed by atoms with E-state index in [-0.39, 0.29) is 0 Å². The maximum absolute atomic E-state index is 8.78. The number of nitrogens with zero attached hydrogens (tertiary/aromatic N) is 2. The standard InChI is InChI=1S/C12H12N2O/c13-5-7-14-6-3-9-1-2-11-10(12(9)14)4-8-15-11/h1-2H,3-4,6-8H2. The molecule has 1 aromatic rings. The van der Waals surface area contributed by atoms with Crippen molar-refractivity contribution in [2.75, 3.05) is 24.6 Å². The van der Waals surface area contributed by atoms with E-state index < -0.39 is 0 Å². The van der Waals surface area contributed by atoms with E-state index in [0.717, 1.165) is 31.7 Å². The number of anilines is 1. The number of benzene rings is 1. The van der Waals surface area contributed by atoms with Gasteiger partial charge in [-0.25, -0.2) is 0 Å². The van der Waals surface area contributed by atoms with Crippen molar-refractivity contribution >= 4 is 5.69 Å². The summed E-state index contributed by atoms with van der Waals surface area (Å²) in [5.74, 6) is 1.01. The van der Waals surface area contributed by atoms with Gasteiger partial charge in [0.15, 0.2) is 0 Å². The third-order valence-corrected chi connectivity index (χ3v) is 3.16. The number of fused-ring (bicyclic) bond motifs is 3. The highest BCUT2D eigenvalue weighted by atomic mass is 16.5. The molecule has 2 aliphatic heterocycles. The summed E-state index contributed by atoms with van der Waals surface area (Å²) >= 11 is 0. The highest BCUT2D eigenvalue weighted by molar-refractivity contribution is 5.68. The molecule has 0 spiro atoms. The molecule has 0 aromatic heterocycles. The molecule has 15 heavy (non-hydrogen) atoms. The van der Waals surface area contributed by atoms with E-state index >= 15 is 0 Å². The highest BCUT2D eigenvalue weighted by Crippen LogP contribution is 2.39. The van der Waals surface area contributed by atoms with Gasteiger partial charge in [-0.05, 0) is 18.1 Å². The predicted octanol–water partition coefficient (Wildman–Crippen LogP) is 1.51. The van der Waals surface area contributed by atoms with Crippen LogP contribution in [0.1, 0.15) is 11.1 Å². The summed E-state index contributed by atoms with van der Waals surface area (Å²) in [7, 11) is 0. The molecular weight excluding hydrogens is 188 g/mol. The van der Waals surface area contributed by atoms with Crippen LogP contribution in [0.15, 0.2) is 12.1 Å². The smallest absolute Gasteiger partial charge is 0.124 e. The van der Waals surface area contributed by atoms with E-state index in [1.165, 1.54) is 16.8 Å². The minimum absolute atomic E-state index is 0.490. The average molecular weight is 200 g/mol. The molecule has 76 valence electrons. The van der Waals surface area contributed by atoms with Gasteiger partial charge in [0.2, 0.25) is 0 Å². The van der Waals surface area contributed by atoms with Crippen LogP contribution in [-0.4, -0.2) is 19.7 Å². The van der Waals surface area contributed by atoms with E-state index in [0.29, 0.717) is 6.54 Å². The first kappa shape index (κ1) is 8.60. The third-order valence-electron chi connectivity index (χ3n) is 3.16. The summed E-state index contributed by atoms with van der Waals surface area (Å²) in [5.41, 5.74) is 3.95. The normalized spacial score (nSPS) is 16.9. The number of rotatable bonds is 1. The van der Waals surface area contributed by atoms with Gasteiger partial charge in [-0.15, -0.1) is 0 Å². The molecule has 2 aliphatic rings. The quantitative estimate of drug-likeness (QED) is 0.645. The van der Waals surface area contributed by atoms with Crippen molar-refractivity contribution in [1.29, 1.82) is 5.26 Å². The molecule has 1 aromatic carbocycles. The summed E-state index contributed by atoms with van der Waals surface area (Å²) in [6.45, 7) is 2.25. The summed E-state index contributed by atoms with van der Waals surface area (Å²) in [6, 6.07) is 6.43. The maximum Gasteiger partial charge on any atom is 0.124 e. The van der Waals surface area contributed by atoms with Crippen LogP contribution in [0.25, 0.3) is 0 Å². The van der Waals surface area contributed by atoms with Crippen molar-refractivity contribution in [3.63, 3.8) is 0 Å². The number of ether oxygens (including phenoxy) is 1. The van der Waals surface area contributed by atoms with Crippen LogP contribution in [0.2, 0.25) is 0 Å². The lowest BCUT2D eigenvalue weighted by molar-refractivity contribution is 0.357. The van der Waals surface area contributed by atoms with Crippen molar-refractivity contribution < 1.29 is 4.74 Å². The number of nitriles is 1. The summed E-state index contributed by atoms with van der Waals surface area (Å²) < 4.78 is 5.54. The summed E-state index contributed by atoms with van der Waals surface area (Å²) in [4.78, 5) is 2.17. The SMILES string of the molecule is N#CCN1CCc2ccc3c(c21)CCO3. The molecule has 3 nitrogen and oxygen atoms in total. The van der Waals surface area contributed by atoms with Crippen molar-refractivity contribution in [2.45, 2.75) is 12.8 Å². The summed E-state index contributed by atoms with van der Waals surface area (Å²) in [6.07, 6.45) is 2.05. The molecule has 0 unspecified atom stereocenters. The van der Waals surface area contributed by atoms with Crippen molar-refractivity contribution in [2.24, 2.45) is 0 Å². The fourth-order valence-corrected chi connectivity index (χ4v) is 2.51. The molecule has 0 saturated heterocycles. The van der Waals surface area contributed by atoms with E-state index in [1.54, 1.807) is 0 Å². The zero-order chi connectivity index (χ0) is 10.3. The Labute approximate surface area is 88.9 Å².